The first-order valence-electron chi connectivity index (χ1n) is 3.25. The molecule has 0 aromatic carbocycles. The predicted molar refractivity (Wildman–Crippen MR) is 36.4 cm³/mol. The van der Waals surface area contributed by atoms with E-state index in [2.05, 4.69) is 12.2 Å². The average molecular weight is 145 g/mol. The van der Waals surface area contributed by atoms with Gasteiger partial charge in [-0.2, -0.15) is 0 Å². The van der Waals surface area contributed by atoms with Crippen LogP contribution in [-0.2, 0) is 0 Å². The van der Waals surface area contributed by atoms with Gasteiger partial charge in [-0.25, -0.2) is 0 Å². The Morgan fingerprint density at radius 1 is 1.78 bits per heavy atom. The molecule has 3 atom stereocenters. The quantitative estimate of drug-likeness (QED) is 0.433. The summed E-state index contributed by atoms with van der Waals surface area (Å²) in [5.74, 6) is 1.02. The molecule has 9 heavy (non-hydrogen) atoms. The summed E-state index contributed by atoms with van der Waals surface area (Å²) in [6.07, 6.45) is 5.33. The molecule has 1 fully saturated rings. The summed E-state index contributed by atoms with van der Waals surface area (Å²) in [5.41, 5.74) is 0. The first-order chi connectivity index (χ1) is 4.29. The number of aliphatic hydroxyl groups is 1. The Kier molecular flexibility index (Phi) is 0.976. The third kappa shape index (κ3) is 0.542. The van der Waals surface area contributed by atoms with Gasteiger partial charge in [0.1, 0.15) is 0 Å². The van der Waals surface area contributed by atoms with Crippen molar-refractivity contribution >= 4 is 11.6 Å². The number of aliphatic hydroxyl groups excluding tert-OH is 1. The van der Waals surface area contributed by atoms with Crippen molar-refractivity contribution in [1.82, 2.24) is 0 Å². The number of hydrogen-bond acceptors (Lipinski definition) is 1. The molecule has 0 heterocycles. The van der Waals surface area contributed by atoms with Gasteiger partial charge in [0.2, 0.25) is 0 Å². The number of alkyl halides is 1. The van der Waals surface area contributed by atoms with Crippen molar-refractivity contribution in [3.63, 3.8) is 0 Å². The highest BCUT2D eigenvalue weighted by molar-refractivity contribution is 6.27. The van der Waals surface area contributed by atoms with Gasteiger partial charge in [0.05, 0.1) is 11.5 Å². The van der Waals surface area contributed by atoms with Crippen LogP contribution in [0.1, 0.15) is 6.42 Å². The standard InChI is InChI=1S/C7H9ClO/c8-7(4-9)5-2-1-3-6(5)7/h1-2,5-6,9H,3-4H2/t5-,6+,7+/m1/s1. The van der Waals surface area contributed by atoms with Crippen LogP contribution in [0.2, 0.25) is 0 Å². The molecule has 2 rings (SSSR count). The van der Waals surface area contributed by atoms with Gasteiger partial charge in [-0.15, -0.1) is 11.6 Å². The van der Waals surface area contributed by atoms with Gasteiger partial charge in [0.15, 0.2) is 0 Å². The Labute approximate surface area is 59.3 Å². The second-order valence-corrected chi connectivity index (χ2v) is 3.58. The maximum atomic E-state index is 8.81. The predicted octanol–water partition coefficient (Wildman–Crippen LogP) is 1.16. The molecule has 2 aliphatic carbocycles. The highest BCUT2D eigenvalue weighted by atomic mass is 35.5. The molecule has 50 valence electrons. The number of allylic oxidation sites excluding steroid dienone is 2. The van der Waals surface area contributed by atoms with Crippen molar-refractivity contribution in [2.75, 3.05) is 6.61 Å². The third-order valence-corrected chi connectivity index (χ3v) is 3.12. The topological polar surface area (TPSA) is 20.2 Å². The number of halogens is 1. The zero-order valence-corrected chi connectivity index (χ0v) is 5.80. The summed E-state index contributed by atoms with van der Waals surface area (Å²) in [5, 5.41) is 8.81. The molecule has 0 bridgehead atoms. The van der Waals surface area contributed by atoms with Gasteiger partial charge in [-0.05, 0) is 12.3 Å². The Morgan fingerprint density at radius 2 is 2.56 bits per heavy atom. The second-order valence-electron chi connectivity index (χ2n) is 2.88. The summed E-state index contributed by atoms with van der Waals surface area (Å²) in [7, 11) is 0. The monoisotopic (exact) mass is 144 g/mol. The van der Waals surface area contributed by atoms with Crippen LogP contribution < -0.4 is 0 Å². The van der Waals surface area contributed by atoms with E-state index in [1.165, 1.54) is 0 Å². The van der Waals surface area contributed by atoms with Crippen LogP contribution in [-0.4, -0.2) is 16.6 Å². The lowest BCUT2D eigenvalue weighted by Gasteiger charge is -2.03. The van der Waals surface area contributed by atoms with Crippen molar-refractivity contribution in [3.8, 4) is 0 Å². The SMILES string of the molecule is OC[C@]1(Cl)[C@@H]2C=CC[C@@H]21. The van der Waals surface area contributed by atoms with Crippen LogP contribution in [0.15, 0.2) is 12.2 Å². The molecule has 0 aromatic heterocycles. The summed E-state index contributed by atoms with van der Waals surface area (Å²) in [6, 6.07) is 0. The van der Waals surface area contributed by atoms with Crippen LogP contribution in [0.5, 0.6) is 0 Å². The van der Waals surface area contributed by atoms with Crippen molar-refractivity contribution < 1.29 is 5.11 Å². The lowest BCUT2D eigenvalue weighted by Crippen LogP contribution is -2.11. The molecule has 1 nitrogen and oxygen atoms in total. The van der Waals surface area contributed by atoms with E-state index in [0.717, 1.165) is 6.42 Å². The molecule has 0 radical (unpaired) electrons. The van der Waals surface area contributed by atoms with Crippen LogP contribution in [0.25, 0.3) is 0 Å². The Balaban J connectivity index is 2.15. The lowest BCUT2D eigenvalue weighted by molar-refractivity contribution is 0.276. The van der Waals surface area contributed by atoms with Crippen LogP contribution in [0.4, 0.5) is 0 Å². The van der Waals surface area contributed by atoms with Gasteiger partial charge in [-0.1, -0.05) is 12.2 Å². The smallest absolute Gasteiger partial charge is 0.0779 e. The fourth-order valence-electron chi connectivity index (χ4n) is 1.75. The maximum absolute atomic E-state index is 8.81. The Morgan fingerprint density at radius 3 is 2.89 bits per heavy atom. The minimum atomic E-state index is -0.255. The third-order valence-electron chi connectivity index (χ3n) is 2.47. The maximum Gasteiger partial charge on any atom is 0.0779 e. The van der Waals surface area contributed by atoms with E-state index in [9.17, 15) is 0 Å². The summed E-state index contributed by atoms with van der Waals surface area (Å²) in [6.45, 7) is 0.133. The summed E-state index contributed by atoms with van der Waals surface area (Å²) in [4.78, 5) is -0.255. The minimum Gasteiger partial charge on any atom is -0.395 e. The highest BCUT2D eigenvalue weighted by Crippen LogP contribution is 2.61. The largest absolute Gasteiger partial charge is 0.395 e. The molecule has 2 heteroatoms. The number of hydrogen-bond donors (Lipinski definition) is 1. The molecule has 0 saturated heterocycles. The minimum absolute atomic E-state index is 0.133. The molecular weight excluding hydrogens is 136 g/mol. The van der Waals surface area contributed by atoms with Crippen LogP contribution >= 0.6 is 11.6 Å². The molecule has 0 aromatic rings. The van der Waals surface area contributed by atoms with Gasteiger partial charge in [-0.3, -0.25) is 0 Å². The molecule has 0 aliphatic heterocycles. The van der Waals surface area contributed by atoms with Crippen molar-refractivity contribution in [2.45, 2.75) is 11.3 Å². The number of fused-ring (bicyclic) bond motifs is 1. The van der Waals surface area contributed by atoms with Crippen molar-refractivity contribution in [1.29, 1.82) is 0 Å². The number of rotatable bonds is 1. The molecule has 2 aliphatic rings. The lowest BCUT2D eigenvalue weighted by atomic mass is 10.2. The molecule has 1 saturated carbocycles. The molecule has 0 spiro atoms. The summed E-state index contributed by atoms with van der Waals surface area (Å²) < 4.78 is 0. The summed E-state index contributed by atoms with van der Waals surface area (Å²) >= 11 is 6.00. The van der Waals surface area contributed by atoms with E-state index in [4.69, 9.17) is 16.7 Å². The van der Waals surface area contributed by atoms with E-state index in [1.807, 2.05) is 0 Å². The second kappa shape index (κ2) is 1.53. The van der Waals surface area contributed by atoms with Gasteiger partial charge < -0.3 is 5.11 Å². The highest BCUT2D eigenvalue weighted by Gasteiger charge is 2.63. The Hall–Kier alpha value is -0.0100. The fourth-order valence-corrected chi connectivity index (χ4v) is 2.13. The fraction of sp³-hybridized carbons (Fsp3) is 0.714. The molecule has 0 unspecified atom stereocenters. The molecular formula is C7H9ClO. The van der Waals surface area contributed by atoms with E-state index >= 15 is 0 Å². The zero-order chi connectivity index (χ0) is 6.48. The molecule has 0 amide bonds. The van der Waals surface area contributed by atoms with Crippen LogP contribution in [0, 0.1) is 11.8 Å². The normalized spacial score (nSPS) is 53.6. The van der Waals surface area contributed by atoms with E-state index < -0.39 is 0 Å². The first-order valence-corrected chi connectivity index (χ1v) is 3.63. The van der Waals surface area contributed by atoms with Gasteiger partial charge >= 0.3 is 0 Å². The van der Waals surface area contributed by atoms with Gasteiger partial charge in [0.25, 0.3) is 0 Å². The van der Waals surface area contributed by atoms with Crippen molar-refractivity contribution in [3.05, 3.63) is 12.2 Å². The van der Waals surface area contributed by atoms with Crippen LogP contribution in [0.3, 0.4) is 0 Å². The Bertz CT molecular complexity index is 166. The van der Waals surface area contributed by atoms with Crippen molar-refractivity contribution in [2.24, 2.45) is 11.8 Å². The van der Waals surface area contributed by atoms with Gasteiger partial charge in [0, 0.05) is 5.92 Å². The zero-order valence-electron chi connectivity index (χ0n) is 5.05. The van der Waals surface area contributed by atoms with E-state index in [-0.39, 0.29) is 11.5 Å². The molecule has 1 N–H and O–H groups in total. The average Bonchev–Trinajstić information content (AvgIpc) is 2.39. The first kappa shape index (κ1) is 5.75. The van der Waals surface area contributed by atoms with E-state index in [0.29, 0.717) is 11.8 Å². The van der Waals surface area contributed by atoms with E-state index in [1.54, 1.807) is 0 Å².